The van der Waals surface area contributed by atoms with Crippen LogP contribution in [0.2, 0.25) is 0 Å². The molecule has 0 aromatic heterocycles. The van der Waals surface area contributed by atoms with Gasteiger partial charge in [0.15, 0.2) is 12.2 Å². The quantitative estimate of drug-likeness (QED) is 0.360. The average Bonchev–Trinajstić information content (AvgIpc) is 3.14. The third kappa shape index (κ3) is 9.08. The minimum Gasteiger partial charge on any atom is -0.497 e. The van der Waals surface area contributed by atoms with Gasteiger partial charge in [0.2, 0.25) is 0 Å². The highest BCUT2D eigenvalue weighted by Crippen LogP contribution is 2.30. The van der Waals surface area contributed by atoms with Crippen molar-refractivity contribution in [2.45, 2.75) is 77.4 Å². The van der Waals surface area contributed by atoms with Crippen LogP contribution in [0.5, 0.6) is 5.75 Å². The molecule has 3 atom stereocenters. The highest BCUT2D eigenvalue weighted by atomic mass is 16.7. The minimum absolute atomic E-state index is 0.0573. The number of nitrogens with zero attached hydrogens (tertiary/aromatic N) is 1. The molecule has 2 aromatic rings. The van der Waals surface area contributed by atoms with Gasteiger partial charge in [-0.15, -0.1) is 0 Å². The van der Waals surface area contributed by atoms with Crippen LogP contribution in [0.3, 0.4) is 0 Å². The Morgan fingerprint density at radius 2 is 1.49 bits per heavy atom. The van der Waals surface area contributed by atoms with Crippen LogP contribution in [0.1, 0.15) is 47.1 Å². The lowest BCUT2D eigenvalue weighted by atomic mass is 10.0. The number of hydrogen-bond acceptors (Lipinski definition) is 8. The van der Waals surface area contributed by atoms with Crippen molar-refractivity contribution in [2.75, 3.05) is 19.0 Å². The van der Waals surface area contributed by atoms with Crippen molar-refractivity contribution < 1.29 is 38.1 Å². The topological polar surface area (TPSA) is 113 Å². The summed E-state index contributed by atoms with van der Waals surface area (Å²) in [6.07, 6.45) is -4.03. The predicted octanol–water partition coefficient (Wildman–Crippen LogP) is 5.79. The number of methoxy groups -OCH3 is 1. The molecule has 1 N–H and O–H groups in total. The molecule has 10 nitrogen and oxygen atoms in total. The molecule has 1 saturated heterocycles. The number of carbonyl (C=O) groups excluding carboxylic acids is 3. The number of likely N-dealkylation sites (tertiary alicyclic amines) is 1. The van der Waals surface area contributed by atoms with Gasteiger partial charge < -0.3 is 23.7 Å². The Morgan fingerprint density at radius 1 is 0.872 bits per heavy atom. The number of carbonyl (C=O) groups is 3. The number of amides is 2. The zero-order chi connectivity index (χ0) is 28.8. The number of anilines is 1. The van der Waals surface area contributed by atoms with E-state index in [-0.39, 0.29) is 6.54 Å². The molecule has 3 rings (SSSR count). The van der Waals surface area contributed by atoms with Crippen molar-refractivity contribution >= 4 is 24.0 Å². The van der Waals surface area contributed by atoms with E-state index in [2.05, 4.69) is 5.32 Å². The number of para-hydroxylation sites is 1. The van der Waals surface area contributed by atoms with E-state index in [1.54, 1.807) is 85.1 Å². The molecule has 0 saturated carbocycles. The molecule has 1 fully saturated rings. The number of rotatable bonds is 6. The third-order valence-electron chi connectivity index (χ3n) is 5.65. The van der Waals surface area contributed by atoms with Crippen molar-refractivity contribution in [3.05, 3.63) is 60.2 Å². The summed E-state index contributed by atoms with van der Waals surface area (Å²) in [6.45, 7) is 10.4. The molecular formula is C29H38N2O8. The highest BCUT2D eigenvalue weighted by molar-refractivity contribution is 5.84. The maximum atomic E-state index is 13.3. The van der Waals surface area contributed by atoms with Crippen LogP contribution in [0.4, 0.5) is 20.1 Å². The Morgan fingerprint density at radius 3 is 2.05 bits per heavy atom. The van der Waals surface area contributed by atoms with Crippen LogP contribution in [0.15, 0.2) is 54.6 Å². The maximum Gasteiger partial charge on any atom is 0.509 e. The number of benzene rings is 2. The van der Waals surface area contributed by atoms with E-state index in [1.165, 1.54) is 4.90 Å². The second kappa shape index (κ2) is 12.3. The molecule has 2 amide bonds. The first kappa shape index (κ1) is 29.6. The van der Waals surface area contributed by atoms with Crippen LogP contribution >= 0.6 is 0 Å². The minimum atomic E-state index is -1.02. The van der Waals surface area contributed by atoms with E-state index < -0.39 is 47.8 Å². The van der Waals surface area contributed by atoms with Crippen molar-refractivity contribution in [3.8, 4) is 5.75 Å². The highest BCUT2D eigenvalue weighted by Gasteiger charge is 2.50. The summed E-state index contributed by atoms with van der Waals surface area (Å²) in [5.41, 5.74) is -0.193. The summed E-state index contributed by atoms with van der Waals surface area (Å²) in [5, 5.41) is 2.68. The van der Waals surface area contributed by atoms with E-state index >= 15 is 0 Å². The zero-order valence-corrected chi connectivity index (χ0v) is 23.6. The molecule has 1 heterocycles. The Balaban J connectivity index is 1.93. The van der Waals surface area contributed by atoms with Crippen molar-refractivity contribution in [1.82, 2.24) is 4.90 Å². The monoisotopic (exact) mass is 542 g/mol. The molecular weight excluding hydrogens is 504 g/mol. The van der Waals surface area contributed by atoms with Gasteiger partial charge in [-0.2, -0.15) is 0 Å². The number of nitrogens with one attached hydrogen (secondary N) is 1. The van der Waals surface area contributed by atoms with Gasteiger partial charge >= 0.3 is 18.3 Å². The lowest BCUT2D eigenvalue weighted by Gasteiger charge is -2.30. The normalized spacial score (nSPS) is 19.2. The molecule has 0 spiro atoms. The van der Waals surface area contributed by atoms with Crippen molar-refractivity contribution in [3.63, 3.8) is 0 Å². The van der Waals surface area contributed by atoms with Crippen LogP contribution < -0.4 is 10.1 Å². The average molecular weight is 543 g/mol. The van der Waals surface area contributed by atoms with Crippen LogP contribution in [-0.2, 0) is 25.4 Å². The van der Waals surface area contributed by atoms with E-state index in [9.17, 15) is 14.4 Å². The standard InChI is InChI=1S/C29H38N2O8/c1-28(2,3)38-26(33)31-18-23(36-27(34)39-29(4,5)6)24(37-25(32)30-20-11-9-8-10-12-20)22(31)17-19-13-15-21(35-7)16-14-19/h8-16,22-24H,17-18H2,1-7H3,(H,30,32)/t22-,23+,24+/m1/s1. The van der Waals surface area contributed by atoms with Gasteiger partial charge in [0.05, 0.1) is 19.7 Å². The number of hydrogen-bond donors (Lipinski definition) is 1. The van der Waals surface area contributed by atoms with Crippen molar-refractivity contribution in [1.29, 1.82) is 0 Å². The van der Waals surface area contributed by atoms with Crippen LogP contribution in [0.25, 0.3) is 0 Å². The molecule has 39 heavy (non-hydrogen) atoms. The molecule has 2 aromatic carbocycles. The summed E-state index contributed by atoms with van der Waals surface area (Å²) in [5.74, 6) is 0.676. The number of ether oxygens (including phenoxy) is 5. The SMILES string of the molecule is COc1ccc(C[C@@H]2[C@H](OC(=O)Nc3ccccc3)[C@@H](OC(=O)OC(C)(C)C)CN2C(=O)OC(C)(C)C)cc1. The summed E-state index contributed by atoms with van der Waals surface area (Å²) in [7, 11) is 1.57. The van der Waals surface area contributed by atoms with Gasteiger partial charge in [-0.1, -0.05) is 30.3 Å². The molecule has 212 valence electrons. The zero-order valence-electron chi connectivity index (χ0n) is 23.6. The second-order valence-corrected chi connectivity index (χ2v) is 11.2. The van der Waals surface area contributed by atoms with Gasteiger partial charge in [-0.05, 0) is 77.8 Å². The molecule has 1 aliphatic heterocycles. The molecule has 1 aliphatic rings. The lowest BCUT2D eigenvalue weighted by molar-refractivity contribution is -0.0503. The largest absolute Gasteiger partial charge is 0.509 e. The second-order valence-electron chi connectivity index (χ2n) is 11.2. The fourth-order valence-corrected chi connectivity index (χ4v) is 4.07. The van der Waals surface area contributed by atoms with E-state index in [4.69, 9.17) is 23.7 Å². The van der Waals surface area contributed by atoms with Gasteiger partial charge in [-0.25, -0.2) is 14.4 Å². The van der Waals surface area contributed by atoms with E-state index in [0.29, 0.717) is 17.9 Å². The fraction of sp³-hybridized carbons (Fsp3) is 0.483. The van der Waals surface area contributed by atoms with Crippen LogP contribution in [-0.4, -0.2) is 66.3 Å². The summed E-state index contributed by atoms with van der Waals surface area (Å²) >= 11 is 0. The van der Waals surface area contributed by atoms with Gasteiger partial charge in [0.1, 0.15) is 17.0 Å². The summed E-state index contributed by atoms with van der Waals surface area (Å²) in [4.78, 5) is 40.3. The van der Waals surface area contributed by atoms with Crippen molar-refractivity contribution in [2.24, 2.45) is 0 Å². The summed E-state index contributed by atoms with van der Waals surface area (Å²) < 4.78 is 27.7. The first-order chi connectivity index (χ1) is 18.2. The molecule has 0 radical (unpaired) electrons. The maximum absolute atomic E-state index is 13.3. The molecule has 10 heteroatoms. The Labute approximate surface area is 229 Å². The van der Waals surface area contributed by atoms with Gasteiger partial charge in [0.25, 0.3) is 0 Å². The Hall–Kier alpha value is -3.95. The molecule has 0 bridgehead atoms. The smallest absolute Gasteiger partial charge is 0.497 e. The first-order valence-corrected chi connectivity index (χ1v) is 12.8. The van der Waals surface area contributed by atoms with Crippen LogP contribution in [0, 0.1) is 0 Å². The van der Waals surface area contributed by atoms with E-state index in [0.717, 1.165) is 5.56 Å². The Bertz CT molecular complexity index is 1120. The molecule has 0 aliphatic carbocycles. The molecule has 0 unspecified atom stereocenters. The fourth-order valence-electron chi connectivity index (χ4n) is 4.07. The van der Waals surface area contributed by atoms with E-state index in [1.807, 2.05) is 18.2 Å². The third-order valence-corrected chi connectivity index (χ3v) is 5.65. The first-order valence-electron chi connectivity index (χ1n) is 12.8. The van der Waals surface area contributed by atoms with Gasteiger partial charge in [0, 0.05) is 5.69 Å². The van der Waals surface area contributed by atoms with Gasteiger partial charge in [-0.3, -0.25) is 10.2 Å². The predicted molar refractivity (Wildman–Crippen MR) is 145 cm³/mol. The lowest BCUT2D eigenvalue weighted by Crippen LogP contribution is -2.45. The summed E-state index contributed by atoms with van der Waals surface area (Å²) in [6, 6.07) is 15.4. The Kier molecular flexibility index (Phi) is 9.32.